The SMILES string of the molecule is COc1cc(=O)oc(C)c1CC=O. The standard InChI is InChI=1S/C9H10O4/c1-6-7(3-4-10)8(12-2)5-9(11)13-6/h4-5H,3H2,1-2H3. The maximum absolute atomic E-state index is 10.9. The lowest BCUT2D eigenvalue weighted by atomic mass is 10.1. The molecule has 4 nitrogen and oxygen atoms in total. The average molecular weight is 182 g/mol. The highest BCUT2D eigenvalue weighted by atomic mass is 16.5. The Kier molecular flexibility index (Phi) is 2.84. The van der Waals surface area contributed by atoms with Crippen LogP contribution in [-0.2, 0) is 11.2 Å². The maximum atomic E-state index is 10.9. The number of aryl methyl sites for hydroxylation is 1. The highest BCUT2D eigenvalue weighted by Crippen LogP contribution is 2.18. The summed E-state index contributed by atoms with van der Waals surface area (Å²) >= 11 is 0. The molecule has 0 aliphatic heterocycles. The lowest BCUT2D eigenvalue weighted by Crippen LogP contribution is -2.05. The zero-order chi connectivity index (χ0) is 9.84. The zero-order valence-electron chi connectivity index (χ0n) is 7.49. The molecular weight excluding hydrogens is 172 g/mol. The van der Waals surface area contributed by atoms with Crippen molar-refractivity contribution in [3.63, 3.8) is 0 Å². The van der Waals surface area contributed by atoms with E-state index in [1.54, 1.807) is 6.92 Å². The van der Waals surface area contributed by atoms with Crippen molar-refractivity contribution in [1.82, 2.24) is 0 Å². The molecule has 0 radical (unpaired) electrons. The highest BCUT2D eigenvalue weighted by Gasteiger charge is 2.09. The number of methoxy groups -OCH3 is 1. The predicted molar refractivity (Wildman–Crippen MR) is 46.0 cm³/mol. The Balaban J connectivity index is 3.28. The summed E-state index contributed by atoms with van der Waals surface area (Å²) in [6, 6.07) is 1.23. The van der Waals surface area contributed by atoms with Crippen LogP contribution >= 0.6 is 0 Å². The van der Waals surface area contributed by atoms with Crippen molar-refractivity contribution in [2.75, 3.05) is 7.11 Å². The van der Waals surface area contributed by atoms with Crippen LogP contribution in [0.2, 0.25) is 0 Å². The van der Waals surface area contributed by atoms with Crippen molar-refractivity contribution < 1.29 is 13.9 Å². The highest BCUT2D eigenvalue weighted by molar-refractivity contribution is 5.57. The summed E-state index contributed by atoms with van der Waals surface area (Å²) in [4.78, 5) is 21.2. The van der Waals surface area contributed by atoms with Gasteiger partial charge in [-0.25, -0.2) is 4.79 Å². The first-order valence-corrected chi connectivity index (χ1v) is 3.80. The first kappa shape index (κ1) is 9.51. The molecule has 1 heterocycles. The quantitative estimate of drug-likeness (QED) is 0.645. The van der Waals surface area contributed by atoms with Crippen molar-refractivity contribution in [1.29, 1.82) is 0 Å². The molecule has 0 fully saturated rings. The molecule has 0 bridgehead atoms. The topological polar surface area (TPSA) is 56.5 Å². The van der Waals surface area contributed by atoms with Crippen LogP contribution in [0, 0.1) is 6.92 Å². The molecule has 1 aromatic rings. The summed E-state index contributed by atoms with van der Waals surface area (Å²) in [6.07, 6.45) is 0.934. The number of hydrogen-bond donors (Lipinski definition) is 0. The smallest absolute Gasteiger partial charge is 0.339 e. The predicted octanol–water partition coefficient (Wildman–Crippen LogP) is 0.698. The van der Waals surface area contributed by atoms with E-state index >= 15 is 0 Å². The summed E-state index contributed by atoms with van der Waals surface area (Å²) in [7, 11) is 1.45. The summed E-state index contributed by atoms with van der Waals surface area (Å²) in [5.74, 6) is 0.831. The average Bonchev–Trinajstić information content (AvgIpc) is 2.09. The fraction of sp³-hybridized carbons (Fsp3) is 0.333. The minimum Gasteiger partial charge on any atom is -0.496 e. The lowest BCUT2D eigenvalue weighted by Gasteiger charge is -2.06. The number of rotatable bonds is 3. The van der Waals surface area contributed by atoms with Crippen molar-refractivity contribution in [3.8, 4) is 5.75 Å². The van der Waals surface area contributed by atoms with Gasteiger partial charge in [-0.15, -0.1) is 0 Å². The van der Waals surface area contributed by atoms with Crippen LogP contribution in [0.25, 0.3) is 0 Å². The Hall–Kier alpha value is -1.58. The van der Waals surface area contributed by atoms with Crippen LogP contribution in [-0.4, -0.2) is 13.4 Å². The van der Waals surface area contributed by atoms with E-state index in [-0.39, 0.29) is 6.42 Å². The number of aldehydes is 1. The molecule has 0 aliphatic rings. The second-order valence-electron chi connectivity index (χ2n) is 2.54. The van der Waals surface area contributed by atoms with E-state index in [0.717, 1.165) is 6.29 Å². The third kappa shape index (κ3) is 1.96. The van der Waals surface area contributed by atoms with Gasteiger partial charge in [0, 0.05) is 12.0 Å². The Bertz CT molecular complexity index is 364. The van der Waals surface area contributed by atoms with Gasteiger partial charge in [-0.05, 0) is 6.92 Å². The zero-order valence-corrected chi connectivity index (χ0v) is 7.49. The van der Waals surface area contributed by atoms with E-state index in [2.05, 4.69) is 0 Å². The molecular formula is C9H10O4. The minimum atomic E-state index is -0.469. The minimum absolute atomic E-state index is 0.193. The van der Waals surface area contributed by atoms with Crippen LogP contribution in [0.1, 0.15) is 11.3 Å². The number of carbonyl (C=O) groups is 1. The van der Waals surface area contributed by atoms with Gasteiger partial charge in [0.15, 0.2) is 0 Å². The second-order valence-corrected chi connectivity index (χ2v) is 2.54. The lowest BCUT2D eigenvalue weighted by molar-refractivity contribution is -0.107. The molecule has 0 unspecified atom stereocenters. The largest absolute Gasteiger partial charge is 0.496 e. The Morgan fingerprint density at radius 1 is 1.62 bits per heavy atom. The van der Waals surface area contributed by atoms with Crippen molar-refractivity contribution in [2.45, 2.75) is 13.3 Å². The fourth-order valence-corrected chi connectivity index (χ4v) is 1.12. The Morgan fingerprint density at radius 2 is 2.31 bits per heavy atom. The molecule has 1 rings (SSSR count). The van der Waals surface area contributed by atoms with Gasteiger partial charge < -0.3 is 13.9 Å². The van der Waals surface area contributed by atoms with Gasteiger partial charge in [0.05, 0.1) is 13.2 Å². The monoisotopic (exact) mass is 182 g/mol. The molecule has 4 heteroatoms. The molecule has 0 spiro atoms. The summed E-state index contributed by atoms with van der Waals surface area (Å²) in [5, 5.41) is 0. The van der Waals surface area contributed by atoms with Crippen molar-refractivity contribution in [2.24, 2.45) is 0 Å². The molecule has 1 aromatic heterocycles. The number of hydrogen-bond acceptors (Lipinski definition) is 4. The summed E-state index contributed by atoms with van der Waals surface area (Å²) in [5.41, 5.74) is 0.154. The molecule has 0 saturated carbocycles. The van der Waals surface area contributed by atoms with Crippen LogP contribution in [0.4, 0.5) is 0 Å². The third-order valence-corrected chi connectivity index (χ3v) is 1.73. The Labute approximate surface area is 75.1 Å². The van der Waals surface area contributed by atoms with E-state index in [4.69, 9.17) is 9.15 Å². The third-order valence-electron chi connectivity index (χ3n) is 1.73. The van der Waals surface area contributed by atoms with Crippen LogP contribution in [0.5, 0.6) is 5.75 Å². The number of ether oxygens (including phenoxy) is 1. The number of carbonyl (C=O) groups excluding carboxylic acids is 1. The van der Waals surface area contributed by atoms with E-state index in [1.165, 1.54) is 13.2 Å². The normalized spacial score (nSPS) is 9.69. The molecule has 13 heavy (non-hydrogen) atoms. The van der Waals surface area contributed by atoms with Gasteiger partial charge in [0.1, 0.15) is 17.8 Å². The Morgan fingerprint density at radius 3 is 2.85 bits per heavy atom. The van der Waals surface area contributed by atoms with Gasteiger partial charge in [0.25, 0.3) is 0 Å². The van der Waals surface area contributed by atoms with E-state index < -0.39 is 5.63 Å². The molecule has 0 N–H and O–H groups in total. The maximum Gasteiger partial charge on any atom is 0.339 e. The molecule has 0 amide bonds. The van der Waals surface area contributed by atoms with Crippen molar-refractivity contribution in [3.05, 3.63) is 27.8 Å². The van der Waals surface area contributed by atoms with Crippen LogP contribution < -0.4 is 10.4 Å². The van der Waals surface area contributed by atoms with Gasteiger partial charge >= 0.3 is 5.63 Å². The second kappa shape index (κ2) is 3.89. The molecule has 0 atom stereocenters. The van der Waals surface area contributed by atoms with E-state index in [9.17, 15) is 9.59 Å². The van der Waals surface area contributed by atoms with Crippen molar-refractivity contribution >= 4 is 6.29 Å². The fourth-order valence-electron chi connectivity index (χ4n) is 1.12. The van der Waals surface area contributed by atoms with Crippen LogP contribution in [0.3, 0.4) is 0 Å². The van der Waals surface area contributed by atoms with E-state index in [1.807, 2.05) is 0 Å². The summed E-state index contributed by atoms with van der Waals surface area (Å²) < 4.78 is 9.75. The van der Waals surface area contributed by atoms with Crippen LogP contribution in [0.15, 0.2) is 15.3 Å². The first-order valence-electron chi connectivity index (χ1n) is 3.80. The molecule has 0 aromatic carbocycles. The van der Waals surface area contributed by atoms with E-state index in [0.29, 0.717) is 17.1 Å². The van der Waals surface area contributed by atoms with Gasteiger partial charge in [-0.1, -0.05) is 0 Å². The summed E-state index contributed by atoms with van der Waals surface area (Å²) in [6.45, 7) is 1.63. The molecule has 0 aliphatic carbocycles. The first-order chi connectivity index (χ1) is 6.19. The van der Waals surface area contributed by atoms with Gasteiger partial charge in [-0.2, -0.15) is 0 Å². The van der Waals surface area contributed by atoms with Gasteiger partial charge in [-0.3, -0.25) is 0 Å². The molecule has 0 saturated heterocycles. The van der Waals surface area contributed by atoms with Gasteiger partial charge in [0.2, 0.25) is 0 Å². The molecule has 70 valence electrons.